The van der Waals surface area contributed by atoms with E-state index in [1.165, 1.54) is 0 Å². The summed E-state index contributed by atoms with van der Waals surface area (Å²) in [5.41, 5.74) is 0.532. The maximum absolute atomic E-state index is 12.2. The van der Waals surface area contributed by atoms with Crippen LogP contribution in [-0.4, -0.2) is 12.6 Å². The van der Waals surface area contributed by atoms with E-state index < -0.39 is 11.4 Å². The number of benzene rings is 1. The number of ether oxygens (including phenoxy) is 1. The maximum Gasteiger partial charge on any atom is 0.346 e. The minimum Gasteiger partial charge on any atom is -0.462 e. The standard InChI is InChI=1S/C15H12Cl2O4/c1-3-20-15(19)10-12(18)11(16)14(17)21-13(10)9-6-4-5-8(2)7-9/h4-7H,3H2,1-2H3. The van der Waals surface area contributed by atoms with Gasteiger partial charge in [0.1, 0.15) is 5.02 Å². The summed E-state index contributed by atoms with van der Waals surface area (Å²) in [6.45, 7) is 3.65. The molecule has 1 aromatic heterocycles. The van der Waals surface area contributed by atoms with Gasteiger partial charge in [0.15, 0.2) is 11.3 Å². The molecule has 1 aromatic carbocycles. The van der Waals surface area contributed by atoms with Gasteiger partial charge in [-0.2, -0.15) is 0 Å². The Bertz CT molecular complexity index is 750. The Morgan fingerprint density at radius 1 is 1.33 bits per heavy atom. The number of hydrogen-bond acceptors (Lipinski definition) is 4. The van der Waals surface area contributed by atoms with Crippen LogP contribution in [0.4, 0.5) is 0 Å². The number of carbonyl (C=O) groups excluding carboxylic acids is 1. The highest BCUT2D eigenvalue weighted by atomic mass is 35.5. The molecule has 0 amide bonds. The number of esters is 1. The Labute approximate surface area is 131 Å². The van der Waals surface area contributed by atoms with Crippen LogP contribution >= 0.6 is 23.2 Å². The van der Waals surface area contributed by atoms with E-state index in [2.05, 4.69) is 0 Å². The van der Waals surface area contributed by atoms with Gasteiger partial charge in [-0.15, -0.1) is 0 Å². The third-order valence-corrected chi connectivity index (χ3v) is 3.48. The molecule has 0 bridgehead atoms. The van der Waals surface area contributed by atoms with Gasteiger partial charge in [-0.05, 0) is 31.5 Å². The zero-order valence-electron chi connectivity index (χ0n) is 11.4. The second-order valence-electron chi connectivity index (χ2n) is 4.31. The highest BCUT2D eigenvalue weighted by molar-refractivity contribution is 6.41. The van der Waals surface area contributed by atoms with Gasteiger partial charge in [0.05, 0.1) is 6.61 Å². The smallest absolute Gasteiger partial charge is 0.346 e. The molecule has 0 saturated heterocycles. The second-order valence-corrected chi connectivity index (χ2v) is 5.03. The lowest BCUT2D eigenvalue weighted by Gasteiger charge is -2.09. The van der Waals surface area contributed by atoms with Gasteiger partial charge >= 0.3 is 5.97 Å². The number of aryl methyl sites for hydroxylation is 1. The van der Waals surface area contributed by atoms with E-state index >= 15 is 0 Å². The Balaban J connectivity index is 2.75. The van der Waals surface area contributed by atoms with Crippen molar-refractivity contribution in [2.24, 2.45) is 0 Å². The number of carbonyl (C=O) groups is 1. The molecule has 2 aromatic rings. The largest absolute Gasteiger partial charge is 0.462 e. The third kappa shape index (κ3) is 3.12. The van der Waals surface area contributed by atoms with E-state index in [4.69, 9.17) is 32.4 Å². The van der Waals surface area contributed by atoms with Crippen LogP contribution in [0.1, 0.15) is 22.8 Å². The Kier molecular flexibility index (Phi) is 4.70. The lowest BCUT2D eigenvalue weighted by atomic mass is 10.0. The summed E-state index contributed by atoms with van der Waals surface area (Å²) >= 11 is 11.6. The summed E-state index contributed by atoms with van der Waals surface area (Å²) in [6, 6.07) is 7.13. The molecule has 2 rings (SSSR count). The summed E-state index contributed by atoms with van der Waals surface area (Å²) in [5, 5.41) is -0.595. The molecule has 0 atom stereocenters. The van der Waals surface area contributed by atoms with E-state index in [1.54, 1.807) is 25.1 Å². The first-order valence-electron chi connectivity index (χ1n) is 6.22. The number of hydrogen-bond donors (Lipinski definition) is 0. The third-order valence-electron chi connectivity index (χ3n) is 2.78. The van der Waals surface area contributed by atoms with Crippen LogP contribution in [0.5, 0.6) is 0 Å². The lowest BCUT2D eigenvalue weighted by Crippen LogP contribution is -2.19. The maximum atomic E-state index is 12.2. The Morgan fingerprint density at radius 2 is 2.05 bits per heavy atom. The van der Waals surface area contributed by atoms with Crippen LogP contribution in [-0.2, 0) is 4.74 Å². The monoisotopic (exact) mass is 326 g/mol. The molecule has 0 fully saturated rings. The summed E-state index contributed by atoms with van der Waals surface area (Å²) in [6.07, 6.45) is 0. The van der Waals surface area contributed by atoms with Crippen molar-refractivity contribution >= 4 is 29.2 Å². The van der Waals surface area contributed by atoms with Crippen LogP contribution in [0.3, 0.4) is 0 Å². The van der Waals surface area contributed by atoms with Crippen molar-refractivity contribution in [3.63, 3.8) is 0 Å². The quantitative estimate of drug-likeness (QED) is 0.797. The zero-order chi connectivity index (χ0) is 15.6. The molecule has 0 radical (unpaired) electrons. The molecule has 6 heteroatoms. The summed E-state index contributed by atoms with van der Waals surface area (Å²) in [4.78, 5) is 24.2. The SMILES string of the molecule is CCOC(=O)c1c(-c2cccc(C)c2)oc(Cl)c(Cl)c1=O. The first-order chi connectivity index (χ1) is 9.95. The van der Waals surface area contributed by atoms with Crippen molar-refractivity contribution in [2.45, 2.75) is 13.8 Å². The summed E-state index contributed by atoms with van der Waals surface area (Å²) in [5.74, 6) is -0.738. The molecule has 0 saturated carbocycles. The molecule has 0 N–H and O–H groups in total. The van der Waals surface area contributed by atoms with Crippen molar-refractivity contribution in [3.05, 3.63) is 55.9 Å². The Morgan fingerprint density at radius 3 is 2.67 bits per heavy atom. The normalized spacial score (nSPS) is 10.5. The first-order valence-corrected chi connectivity index (χ1v) is 6.97. The average molecular weight is 327 g/mol. The zero-order valence-corrected chi connectivity index (χ0v) is 12.9. The van der Waals surface area contributed by atoms with Crippen LogP contribution in [0.25, 0.3) is 11.3 Å². The second kappa shape index (κ2) is 6.33. The fraction of sp³-hybridized carbons (Fsp3) is 0.200. The summed E-state index contributed by atoms with van der Waals surface area (Å²) < 4.78 is 10.3. The summed E-state index contributed by atoms with van der Waals surface area (Å²) in [7, 11) is 0. The van der Waals surface area contributed by atoms with Crippen LogP contribution < -0.4 is 5.43 Å². The molecule has 0 unspecified atom stereocenters. The lowest BCUT2D eigenvalue weighted by molar-refractivity contribution is 0.0523. The van der Waals surface area contributed by atoms with Crippen molar-refractivity contribution in [3.8, 4) is 11.3 Å². The van der Waals surface area contributed by atoms with E-state index in [0.717, 1.165) is 5.56 Å². The molecule has 4 nitrogen and oxygen atoms in total. The van der Waals surface area contributed by atoms with Crippen LogP contribution in [0, 0.1) is 6.92 Å². The minimum absolute atomic E-state index is 0.0524. The Hall–Kier alpha value is -1.78. The van der Waals surface area contributed by atoms with Crippen molar-refractivity contribution in [1.82, 2.24) is 0 Å². The minimum atomic E-state index is -0.790. The predicted molar refractivity (Wildman–Crippen MR) is 81.1 cm³/mol. The molecule has 0 aliphatic carbocycles. The van der Waals surface area contributed by atoms with E-state index in [1.807, 2.05) is 13.0 Å². The molecule has 0 aliphatic rings. The van der Waals surface area contributed by atoms with E-state index in [-0.39, 0.29) is 28.2 Å². The van der Waals surface area contributed by atoms with Crippen molar-refractivity contribution in [1.29, 1.82) is 0 Å². The average Bonchev–Trinajstić information content (AvgIpc) is 2.44. The number of halogens is 2. The molecular formula is C15H12Cl2O4. The topological polar surface area (TPSA) is 56.5 Å². The van der Waals surface area contributed by atoms with E-state index in [9.17, 15) is 9.59 Å². The highest BCUT2D eigenvalue weighted by Gasteiger charge is 2.25. The van der Waals surface area contributed by atoms with Gasteiger partial charge in [-0.3, -0.25) is 4.79 Å². The van der Waals surface area contributed by atoms with Crippen molar-refractivity contribution < 1.29 is 13.9 Å². The van der Waals surface area contributed by atoms with Gasteiger partial charge in [0.25, 0.3) is 0 Å². The van der Waals surface area contributed by atoms with Gasteiger partial charge < -0.3 is 9.15 Å². The number of rotatable bonds is 3. The molecule has 1 heterocycles. The van der Waals surface area contributed by atoms with Gasteiger partial charge in [0.2, 0.25) is 10.6 Å². The molecule has 0 spiro atoms. The fourth-order valence-corrected chi connectivity index (χ4v) is 2.16. The predicted octanol–water partition coefficient (Wildman–Crippen LogP) is 4.10. The molecule has 110 valence electrons. The van der Waals surface area contributed by atoms with Gasteiger partial charge in [-0.1, -0.05) is 35.4 Å². The first kappa shape index (κ1) is 15.6. The highest BCUT2D eigenvalue weighted by Crippen LogP contribution is 2.29. The molecule has 0 aliphatic heterocycles. The fourth-order valence-electron chi connectivity index (χ4n) is 1.87. The van der Waals surface area contributed by atoms with Crippen LogP contribution in [0.15, 0.2) is 33.5 Å². The molecule has 21 heavy (non-hydrogen) atoms. The van der Waals surface area contributed by atoms with Crippen LogP contribution in [0.2, 0.25) is 10.2 Å². The van der Waals surface area contributed by atoms with Crippen molar-refractivity contribution in [2.75, 3.05) is 6.61 Å². The van der Waals surface area contributed by atoms with E-state index in [0.29, 0.717) is 5.56 Å². The van der Waals surface area contributed by atoms with Gasteiger partial charge in [-0.25, -0.2) is 4.79 Å². The molecular weight excluding hydrogens is 315 g/mol. The van der Waals surface area contributed by atoms with Gasteiger partial charge in [0, 0.05) is 5.56 Å².